The van der Waals surface area contributed by atoms with E-state index >= 15 is 0 Å². The Morgan fingerprint density at radius 2 is 1.84 bits per heavy atom. The summed E-state index contributed by atoms with van der Waals surface area (Å²) in [7, 11) is 1.56. The molecule has 1 aromatic rings. The van der Waals surface area contributed by atoms with E-state index in [9.17, 15) is 9.59 Å². The molecular weight excluding hydrogens is 394 g/mol. The lowest BCUT2D eigenvalue weighted by molar-refractivity contribution is -0.127. The van der Waals surface area contributed by atoms with Crippen LogP contribution in [0.5, 0.6) is 11.5 Å². The number of benzene rings is 1. The van der Waals surface area contributed by atoms with Crippen LogP contribution in [0.15, 0.2) is 42.5 Å². The summed E-state index contributed by atoms with van der Waals surface area (Å²) < 4.78 is 11.1. The van der Waals surface area contributed by atoms with E-state index < -0.39 is 11.6 Å². The molecule has 170 valence electrons. The van der Waals surface area contributed by atoms with Crippen molar-refractivity contribution < 1.29 is 19.1 Å². The van der Waals surface area contributed by atoms with Gasteiger partial charge in [-0.3, -0.25) is 14.9 Å². The first-order valence-corrected chi connectivity index (χ1v) is 10.5. The summed E-state index contributed by atoms with van der Waals surface area (Å²) in [6, 6.07) is 5.57. The molecule has 2 amide bonds. The Labute approximate surface area is 185 Å². The molecule has 7 nitrogen and oxygen atoms in total. The number of methoxy groups -OCH3 is 1. The van der Waals surface area contributed by atoms with Gasteiger partial charge in [-0.05, 0) is 58.7 Å². The number of allylic oxidation sites excluding steroid dienone is 1. The van der Waals surface area contributed by atoms with Crippen LogP contribution < -0.4 is 25.4 Å². The average molecular weight is 430 g/mol. The van der Waals surface area contributed by atoms with Gasteiger partial charge in [0.15, 0.2) is 17.6 Å². The Morgan fingerprint density at radius 3 is 2.42 bits per heavy atom. The van der Waals surface area contributed by atoms with Crippen LogP contribution in [0.4, 0.5) is 0 Å². The lowest BCUT2D eigenvalue weighted by Gasteiger charge is -2.27. The van der Waals surface area contributed by atoms with Gasteiger partial charge in [-0.2, -0.15) is 0 Å². The van der Waals surface area contributed by atoms with E-state index in [4.69, 9.17) is 9.47 Å². The SMILES string of the molecule is C=CCc1ccc(OC(C)C(=O)NCCNC(=O)C2=CC(C)(C)NC2(C)C)c(OC)c1. The topological polar surface area (TPSA) is 88.7 Å². The zero-order valence-electron chi connectivity index (χ0n) is 19.4. The van der Waals surface area contributed by atoms with Gasteiger partial charge >= 0.3 is 0 Å². The molecule has 7 heteroatoms. The van der Waals surface area contributed by atoms with Crippen LogP contribution in [0.3, 0.4) is 0 Å². The second kappa shape index (κ2) is 10.0. The van der Waals surface area contributed by atoms with Crippen LogP contribution in [-0.4, -0.2) is 49.2 Å². The third-order valence-corrected chi connectivity index (χ3v) is 5.05. The van der Waals surface area contributed by atoms with Crippen molar-refractivity contribution in [2.75, 3.05) is 20.2 Å². The van der Waals surface area contributed by atoms with Gasteiger partial charge in [0.1, 0.15) is 0 Å². The Kier molecular flexibility index (Phi) is 7.90. The molecule has 0 aliphatic carbocycles. The van der Waals surface area contributed by atoms with E-state index in [0.717, 1.165) is 12.0 Å². The summed E-state index contributed by atoms with van der Waals surface area (Å²) in [6.07, 6.45) is 3.77. The van der Waals surface area contributed by atoms with Crippen LogP contribution in [0.25, 0.3) is 0 Å². The van der Waals surface area contributed by atoms with Crippen molar-refractivity contribution in [1.29, 1.82) is 0 Å². The standard InChI is InChI=1S/C24H35N3O4/c1-8-9-17-10-11-19(20(14-17)30-7)31-16(2)21(28)25-12-13-26-22(29)18-15-23(3,4)27-24(18,5)6/h8,10-11,14-16,27H,1,9,12-13H2,2-7H3,(H,25,28)(H,26,29). The largest absolute Gasteiger partial charge is 0.493 e. The molecule has 31 heavy (non-hydrogen) atoms. The van der Waals surface area contributed by atoms with Gasteiger partial charge < -0.3 is 20.1 Å². The van der Waals surface area contributed by atoms with E-state index in [1.807, 2.05) is 52.0 Å². The lowest BCUT2D eigenvalue weighted by Crippen LogP contribution is -2.48. The van der Waals surface area contributed by atoms with E-state index in [-0.39, 0.29) is 17.4 Å². The van der Waals surface area contributed by atoms with Gasteiger partial charge in [0.25, 0.3) is 5.91 Å². The van der Waals surface area contributed by atoms with Crippen molar-refractivity contribution in [3.63, 3.8) is 0 Å². The number of amides is 2. The Hall–Kier alpha value is -2.80. The third-order valence-electron chi connectivity index (χ3n) is 5.05. The van der Waals surface area contributed by atoms with Crippen molar-refractivity contribution in [3.8, 4) is 11.5 Å². The van der Waals surface area contributed by atoms with Crippen LogP contribution in [0.2, 0.25) is 0 Å². The minimum atomic E-state index is -0.712. The van der Waals surface area contributed by atoms with Gasteiger partial charge in [-0.25, -0.2) is 0 Å². The van der Waals surface area contributed by atoms with Gasteiger partial charge in [0.2, 0.25) is 5.91 Å². The molecule has 1 aliphatic rings. The number of carbonyl (C=O) groups excluding carboxylic acids is 2. The maximum atomic E-state index is 12.5. The molecule has 0 saturated carbocycles. The molecule has 1 heterocycles. The molecule has 1 atom stereocenters. The van der Waals surface area contributed by atoms with E-state index in [0.29, 0.717) is 30.2 Å². The van der Waals surface area contributed by atoms with E-state index in [1.54, 1.807) is 20.1 Å². The lowest BCUT2D eigenvalue weighted by atomic mass is 9.96. The highest BCUT2D eigenvalue weighted by Gasteiger charge is 2.39. The minimum Gasteiger partial charge on any atom is -0.493 e. The zero-order chi connectivity index (χ0) is 23.2. The fourth-order valence-corrected chi connectivity index (χ4v) is 3.75. The molecule has 0 saturated heterocycles. The first kappa shape index (κ1) is 24.5. The maximum Gasteiger partial charge on any atom is 0.260 e. The van der Waals surface area contributed by atoms with Crippen molar-refractivity contribution in [3.05, 3.63) is 48.1 Å². The highest BCUT2D eigenvalue weighted by molar-refractivity contribution is 5.96. The average Bonchev–Trinajstić information content (AvgIpc) is 2.93. The van der Waals surface area contributed by atoms with Crippen molar-refractivity contribution in [2.45, 2.75) is 58.2 Å². The second-order valence-corrected chi connectivity index (χ2v) is 8.81. The molecule has 1 aliphatic heterocycles. The van der Waals surface area contributed by atoms with Gasteiger partial charge in [-0.15, -0.1) is 6.58 Å². The molecule has 0 spiro atoms. The molecule has 1 unspecified atom stereocenters. The van der Waals surface area contributed by atoms with E-state index in [2.05, 4.69) is 22.5 Å². The van der Waals surface area contributed by atoms with Crippen LogP contribution in [0, 0.1) is 0 Å². The van der Waals surface area contributed by atoms with Crippen molar-refractivity contribution in [1.82, 2.24) is 16.0 Å². The molecule has 2 rings (SSSR count). The summed E-state index contributed by atoms with van der Waals surface area (Å²) in [6.45, 7) is 14.0. The quantitative estimate of drug-likeness (QED) is 0.393. The number of hydrogen-bond donors (Lipinski definition) is 3. The van der Waals surface area contributed by atoms with Crippen molar-refractivity contribution in [2.24, 2.45) is 0 Å². The fourth-order valence-electron chi connectivity index (χ4n) is 3.75. The normalized spacial score (nSPS) is 17.3. The Morgan fingerprint density at radius 1 is 1.16 bits per heavy atom. The highest BCUT2D eigenvalue weighted by atomic mass is 16.5. The molecule has 0 aromatic heterocycles. The van der Waals surface area contributed by atoms with Crippen LogP contribution >= 0.6 is 0 Å². The molecule has 1 aromatic carbocycles. The van der Waals surface area contributed by atoms with Crippen LogP contribution in [-0.2, 0) is 16.0 Å². The van der Waals surface area contributed by atoms with Gasteiger partial charge in [0, 0.05) is 29.7 Å². The fraction of sp³-hybridized carbons (Fsp3) is 0.500. The molecular formula is C24H35N3O4. The molecule has 3 N–H and O–H groups in total. The number of ether oxygens (including phenoxy) is 2. The summed E-state index contributed by atoms with van der Waals surface area (Å²) >= 11 is 0. The van der Waals surface area contributed by atoms with Gasteiger partial charge in [0.05, 0.1) is 7.11 Å². The first-order valence-electron chi connectivity index (χ1n) is 10.5. The number of hydrogen-bond acceptors (Lipinski definition) is 5. The maximum absolute atomic E-state index is 12.5. The van der Waals surface area contributed by atoms with E-state index in [1.165, 1.54) is 0 Å². The Bertz CT molecular complexity index is 858. The monoisotopic (exact) mass is 429 g/mol. The Balaban J connectivity index is 1.82. The van der Waals surface area contributed by atoms with Crippen LogP contribution in [0.1, 0.15) is 40.2 Å². The molecule has 0 bridgehead atoms. The predicted octanol–water partition coefficient (Wildman–Crippen LogP) is 2.51. The summed E-state index contributed by atoms with van der Waals surface area (Å²) in [4.78, 5) is 24.9. The number of rotatable bonds is 10. The highest BCUT2D eigenvalue weighted by Crippen LogP contribution is 2.30. The number of nitrogens with one attached hydrogen (secondary N) is 3. The summed E-state index contributed by atoms with van der Waals surface area (Å²) in [5.74, 6) is 0.660. The summed E-state index contributed by atoms with van der Waals surface area (Å²) in [5, 5.41) is 9.07. The summed E-state index contributed by atoms with van der Waals surface area (Å²) in [5.41, 5.74) is 1.11. The zero-order valence-corrected chi connectivity index (χ0v) is 19.4. The minimum absolute atomic E-state index is 0.133. The van der Waals surface area contributed by atoms with Gasteiger partial charge in [-0.1, -0.05) is 18.2 Å². The number of carbonyl (C=O) groups is 2. The predicted molar refractivity (Wildman–Crippen MR) is 122 cm³/mol. The van der Waals surface area contributed by atoms with Crippen molar-refractivity contribution >= 4 is 11.8 Å². The molecule has 0 fully saturated rings. The molecule has 0 radical (unpaired) electrons. The second-order valence-electron chi connectivity index (χ2n) is 8.81. The third kappa shape index (κ3) is 6.59. The smallest absolute Gasteiger partial charge is 0.260 e. The first-order chi connectivity index (χ1) is 14.5.